The van der Waals surface area contributed by atoms with Crippen molar-refractivity contribution in [2.24, 2.45) is 13.0 Å². The Morgan fingerprint density at radius 1 is 1.21 bits per heavy atom. The number of hydrogen-bond acceptors (Lipinski definition) is 4. The molecule has 3 heterocycles. The second-order valence-corrected chi connectivity index (χ2v) is 7.09. The molecule has 1 saturated heterocycles. The summed E-state index contributed by atoms with van der Waals surface area (Å²) in [5, 5.41) is 10.2. The van der Waals surface area contributed by atoms with Crippen molar-refractivity contribution in [1.29, 1.82) is 0 Å². The molecule has 28 heavy (non-hydrogen) atoms. The van der Waals surface area contributed by atoms with E-state index in [1.165, 1.54) is 0 Å². The number of likely N-dealkylation sites (tertiary alicyclic amines) is 1. The van der Waals surface area contributed by atoms with Crippen molar-refractivity contribution < 1.29 is 9.59 Å². The number of aromatic nitrogens is 3. The molecule has 1 aliphatic rings. The molecule has 8 heteroatoms. The molecule has 1 fully saturated rings. The van der Waals surface area contributed by atoms with Crippen molar-refractivity contribution in [1.82, 2.24) is 30.3 Å². The second-order valence-electron chi connectivity index (χ2n) is 7.09. The van der Waals surface area contributed by atoms with Crippen LogP contribution in [0.2, 0.25) is 0 Å². The highest BCUT2D eigenvalue weighted by molar-refractivity contribution is 5.79. The number of piperidine rings is 1. The van der Waals surface area contributed by atoms with Crippen LogP contribution in [0.25, 0.3) is 0 Å². The van der Waals surface area contributed by atoms with Crippen LogP contribution in [0.4, 0.5) is 4.79 Å². The van der Waals surface area contributed by atoms with E-state index in [2.05, 4.69) is 20.7 Å². The Kier molecular flexibility index (Phi) is 6.62. The molecule has 2 aromatic heterocycles. The van der Waals surface area contributed by atoms with Crippen molar-refractivity contribution in [3.63, 3.8) is 0 Å². The third kappa shape index (κ3) is 4.88. The number of hydrogen-bond donors (Lipinski definition) is 2. The van der Waals surface area contributed by atoms with Gasteiger partial charge in [0.25, 0.3) is 0 Å². The van der Waals surface area contributed by atoms with Crippen molar-refractivity contribution in [3.05, 3.63) is 48.0 Å². The largest absolute Gasteiger partial charge is 0.350 e. The van der Waals surface area contributed by atoms with Crippen molar-refractivity contribution in [2.75, 3.05) is 13.1 Å². The van der Waals surface area contributed by atoms with Gasteiger partial charge in [-0.15, -0.1) is 0 Å². The van der Waals surface area contributed by atoms with Crippen LogP contribution in [-0.2, 0) is 18.4 Å². The molecule has 3 rings (SSSR count). The van der Waals surface area contributed by atoms with Crippen LogP contribution in [0.3, 0.4) is 0 Å². The SMILES string of the molecule is CC[C@H](NC(=O)N1CCC(C(=O)NCc2ccccn2)CC1)c1ccnn1C. The fourth-order valence-corrected chi connectivity index (χ4v) is 3.52. The minimum atomic E-state index is -0.0830. The average molecular weight is 384 g/mol. The number of amides is 3. The van der Waals surface area contributed by atoms with Gasteiger partial charge in [-0.25, -0.2) is 4.79 Å². The van der Waals surface area contributed by atoms with Crippen LogP contribution in [0.1, 0.15) is 43.6 Å². The number of urea groups is 1. The maximum absolute atomic E-state index is 12.6. The van der Waals surface area contributed by atoms with E-state index in [4.69, 9.17) is 0 Å². The summed E-state index contributed by atoms with van der Waals surface area (Å²) in [5.41, 5.74) is 1.83. The normalized spacial score (nSPS) is 15.9. The van der Waals surface area contributed by atoms with E-state index < -0.39 is 0 Å². The first-order chi connectivity index (χ1) is 13.6. The zero-order chi connectivity index (χ0) is 19.9. The van der Waals surface area contributed by atoms with Gasteiger partial charge in [0.1, 0.15) is 0 Å². The summed E-state index contributed by atoms with van der Waals surface area (Å²) in [4.78, 5) is 31.0. The molecule has 0 radical (unpaired) electrons. The minimum absolute atomic E-state index is 0.0343. The summed E-state index contributed by atoms with van der Waals surface area (Å²) in [6.45, 7) is 3.63. The molecule has 3 amide bonds. The zero-order valence-corrected chi connectivity index (χ0v) is 16.5. The molecule has 0 saturated carbocycles. The molecule has 8 nitrogen and oxygen atoms in total. The monoisotopic (exact) mass is 384 g/mol. The average Bonchev–Trinajstić information content (AvgIpc) is 3.16. The van der Waals surface area contributed by atoms with E-state index in [0.717, 1.165) is 17.8 Å². The number of aryl methyl sites for hydroxylation is 1. The van der Waals surface area contributed by atoms with E-state index in [1.54, 1.807) is 22.0 Å². The third-order valence-electron chi connectivity index (χ3n) is 5.24. The summed E-state index contributed by atoms with van der Waals surface area (Å²) >= 11 is 0. The number of nitrogens with zero attached hydrogens (tertiary/aromatic N) is 4. The van der Waals surface area contributed by atoms with Gasteiger partial charge in [-0.05, 0) is 37.5 Å². The van der Waals surface area contributed by atoms with Crippen LogP contribution in [0, 0.1) is 5.92 Å². The molecule has 1 aliphatic heterocycles. The molecule has 0 aliphatic carbocycles. The van der Waals surface area contributed by atoms with E-state index in [9.17, 15) is 9.59 Å². The summed E-state index contributed by atoms with van der Waals surface area (Å²) < 4.78 is 1.78. The molecule has 0 aromatic carbocycles. The van der Waals surface area contributed by atoms with Crippen LogP contribution in [0.5, 0.6) is 0 Å². The highest BCUT2D eigenvalue weighted by Gasteiger charge is 2.28. The minimum Gasteiger partial charge on any atom is -0.350 e. The molecule has 0 unspecified atom stereocenters. The molecule has 150 valence electrons. The van der Waals surface area contributed by atoms with Gasteiger partial charge < -0.3 is 15.5 Å². The Morgan fingerprint density at radius 2 is 2.00 bits per heavy atom. The van der Waals surface area contributed by atoms with E-state index in [0.29, 0.717) is 32.5 Å². The second kappa shape index (κ2) is 9.34. The Hall–Kier alpha value is -2.90. The highest BCUT2D eigenvalue weighted by Crippen LogP contribution is 2.20. The first-order valence-electron chi connectivity index (χ1n) is 9.79. The zero-order valence-electron chi connectivity index (χ0n) is 16.5. The van der Waals surface area contributed by atoms with Crippen LogP contribution >= 0.6 is 0 Å². The first kappa shape index (κ1) is 19.9. The molecule has 2 aromatic rings. The third-order valence-corrected chi connectivity index (χ3v) is 5.24. The van der Waals surface area contributed by atoms with Gasteiger partial charge in [0.2, 0.25) is 5.91 Å². The summed E-state index contributed by atoms with van der Waals surface area (Å²) in [6.07, 6.45) is 5.58. The summed E-state index contributed by atoms with van der Waals surface area (Å²) in [5.74, 6) is -0.0289. The van der Waals surface area contributed by atoms with Crippen LogP contribution in [0.15, 0.2) is 36.7 Å². The molecular weight excluding hydrogens is 356 g/mol. The Morgan fingerprint density at radius 3 is 2.61 bits per heavy atom. The molecule has 1 atom stereocenters. The highest BCUT2D eigenvalue weighted by atomic mass is 16.2. The van der Waals surface area contributed by atoms with E-state index in [1.807, 2.05) is 38.2 Å². The van der Waals surface area contributed by atoms with Gasteiger partial charge in [0.15, 0.2) is 0 Å². The van der Waals surface area contributed by atoms with Crippen LogP contribution < -0.4 is 10.6 Å². The number of carbonyl (C=O) groups excluding carboxylic acids is 2. The van der Waals surface area contributed by atoms with Crippen molar-refractivity contribution in [2.45, 2.75) is 38.8 Å². The standard InChI is InChI=1S/C20H28N6O2/c1-3-17(18-7-11-23-25(18)2)24-20(28)26-12-8-15(9-13-26)19(27)22-14-16-6-4-5-10-21-16/h4-7,10-11,15,17H,3,8-9,12-14H2,1-2H3,(H,22,27)(H,24,28)/t17-/m0/s1. The summed E-state index contributed by atoms with van der Waals surface area (Å²) in [6, 6.07) is 7.41. The Balaban J connectivity index is 1.45. The smallest absolute Gasteiger partial charge is 0.317 e. The molecular formula is C20H28N6O2. The van der Waals surface area contributed by atoms with Gasteiger partial charge in [-0.1, -0.05) is 13.0 Å². The fourth-order valence-electron chi connectivity index (χ4n) is 3.52. The Bertz CT molecular complexity index is 783. The molecule has 0 spiro atoms. The lowest BCUT2D eigenvalue weighted by Crippen LogP contribution is -2.47. The topological polar surface area (TPSA) is 92.2 Å². The predicted molar refractivity (Wildman–Crippen MR) is 105 cm³/mol. The van der Waals surface area contributed by atoms with Crippen molar-refractivity contribution in [3.8, 4) is 0 Å². The first-order valence-corrected chi connectivity index (χ1v) is 9.79. The van der Waals surface area contributed by atoms with Gasteiger partial charge in [-0.2, -0.15) is 5.10 Å². The van der Waals surface area contributed by atoms with Gasteiger partial charge in [-0.3, -0.25) is 14.5 Å². The maximum Gasteiger partial charge on any atom is 0.317 e. The molecule has 0 bridgehead atoms. The number of pyridine rings is 1. The quantitative estimate of drug-likeness (QED) is 0.797. The molecule has 2 N–H and O–H groups in total. The lowest BCUT2D eigenvalue weighted by atomic mass is 9.96. The number of carbonyl (C=O) groups is 2. The van der Waals surface area contributed by atoms with Gasteiger partial charge >= 0.3 is 6.03 Å². The van der Waals surface area contributed by atoms with Crippen molar-refractivity contribution >= 4 is 11.9 Å². The number of rotatable bonds is 6. The van der Waals surface area contributed by atoms with E-state index in [-0.39, 0.29) is 23.9 Å². The van der Waals surface area contributed by atoms with Crippen LogP contribution in [-0.4, -0.2) is 44.7 Å². The predicted octanol–water partition coefficient (Wildman–Crippen LogP) is 2.00. The maximum atomic E-state index is 12.6. The number of nitrogens with one attached hydrogen (secondary N) is 2. The lowest BCUT2D eigenvalue weighted by Gasteiger charge is -2.32. The Labute approximate surface area is 165 Å². The van der Waals surface area contributed by atoms with E-state index >= 15 is 0 Å². The summed E-state index contributed by atoms with van der Waals surface area (Å²) in [7, 11) is 1.87. The van der Waals surface area contributed by atoms with Gasteiger partial charge in [0, 0.05) is 38.4 Å². The van der Waals surface area contributed by atoms with Gasteiger partial charge in [0.05, 0.1) is 24.0 Å². The lowest BCUT2D eigenvalue weighted by molar-refractivity contribution is -0.126. The fraction of sp³-hybridized carbons (Fsp3) is 0.500.